The van der Waals surface area contributed by atoms with E-state index in [0.717, 1.165) is 39.6 Å². The van der Waals surface area contributed by atoms with E-state index in [2.05, 4.69) is 5.32 Å². The predicted octanol–water partition coefficient (Wildman–Crippen LogP) is 5.59. The Morgan fingerprint density at radius 2 is 1.71 bits per heavy atom. The van der Waals surface area contributed by atoms with E-state index in [1.165, 1.54) is 4.31 Å². The number of rotatable bonds is 11. The Morgan fingerprint density at radius 3 is 2.41 bits per heavy atom. The molecule has 1 N–H and O–H groups in total. The van der Waals surface area contributed by atoms with Gasteiger partial charge in [0.25, 0.3) is 10.0 Å². The standard InChI is InChI=1S/C26H29ClN2O3S2/c1-20-13-14-25(21(2)17-20)29(34(31,32)23-10-4-3-5-11-23)18-26(30)28-15-8-16-33-19-22-9-6-7-12-24(22)27/h3-7,9-14,17H,8,15-16,18-19H2,1-2H3,(H,28,30). The van der Waals surface area contributed by atoms with E-state index < -0.39 is 10.0 Å². The fraction of sp³-hybridized carbons (Fsp3) is 0.269. The molecular weight excluding hydrogens is 488 g/mol. The molecule has 8 heteroatoms. The number of benzene rings is 3. The minimum atomic E-state index is -3.90. The highest BCUT2D eigenvalue weighted by Crippen LogP contribution is 2.27. The van der Waals surface area contributed by atoms with Crippen molar-refractivity contribution in [1.82, 2.24) is 5.32 Å². The molecule has 0 atom stereocenters. The smallest absolute Gasteiger partial charge is 0.264 e. The zero-order chi connectivity index (χ0) is 24.6. The van der Waals surface area contributed by atoms with Gasteiger partial charge in [-0.15, -0.1) is 0 Å². The van der Waals surface area contributed by atoms with E-state index >= 15 is 0 Å². The molecule has 0 aliphatic heterocycles. The van der Waals surface area contributed by atoms with Crippen LogP contribution >= 0.6 is 23.4 Å². The molecule has 3 rings (SSSR count). The van der Waals surface area contributed by atoms with Crippen molar-refractivity contribution in [2.24, 2.45) is 0 Å². The highest BCUT2D eigenvalue weighted by atomic mass is 35.5. The van der Waals surface area contributed by atoms with Crippen LogP contribution in [0.25, 0.3) is 0 Å². The van der Waals surface area contributed by atoms with Gasteiger partial charge in [0.15, 0.2) is 0 Å². The summed E-state index contributed by atoms with van der Waals surface area (Å²) < 4.78 is 28.0. The molecule has 0 radical (unpaired) electrons. The Bertz CT molecular complexity index is 1220. The molecule has 0 saturated heterocycles. The van der Waals surface area contributed by atoms with Crippen LogP contribution in [0, 0.1) is 13.8 Å². The van der Waals surface area contributed by atoms with Crippen LogP contribution in [-0.2, 0) is 20.6 Å². The lowest BCUT2D eigenvalue weighted by Crippen LogP contribution is -2.41. The number of hydrogen-bond donors (Lipinski definition) is 1. The van der Waals surface area contributed by atoms with Gasteiger partial charge in [0.05, 0.1) is 10.6 Å². The summed E-state index contributed by atoms with van der Waals surface area (Å²) in [6, 6.07) is 21.5. The summed E-state index contributed by atoms with van der Waals surface area (Å²) in [5.41, 5.74) is 3.41. The number of aryl methyl sites for hydroxylation is 2. The molecule has 0 aliphatic rings. The van der Waals surface area contributed by atoms with Crippen LogP contribution in [0.2, 0.25) is 5.02 Å². The Balaban J connectivity index is 1.61. The zero-order valence-corrected chi connectivity index (χ0v) is 21.7. The molecule has 0 heterocycles. The lowest BCUT2D eigenvalue weighted by atomic mass is 10.1. The molecule has 3 aromatic rings. The Kier molecular flexibility index (Phi) is 9.45. The SMILES string of the molecule is Cc1ccc(N(CC(=O)NCCCSCc2ccccc2Cl)S(=O)(=O)c2ccccc2)c(C)c1. The number of nitrogens with zero attached hydrogens (tertiary/aromatic N) is 1. The summed E-state index contributed by atoms with van der Waals surface area (Å²) in [5, 5.41) is 3.62. The first-order valence-corrected chi connectivity index (χ1v) is 14.0. The van der Waals surface area contributed by atoms with Crippen molar-refractivity contribution in [3.8, 4) is 0 Å². The van der Waals surface area contributed by atoms with Gasteiger partial charge < -0.3 is 5.32 Å². The number of sulfonamides is 1. The number of nitrogens with one attached hydrogen (secondary N) is 1. The van der Waals surface area contributed by atoms with Crippen LogP contribution in [0.4, 0.5) is 5.69 Å². The third-order valence-corrected chi connectivity index (χ3v) is 8.48. The van der Waals surface area contributed by atoms with Crippen LogP contribution in [-0.4, -0.2) is 33.2 Å². The molecule has 0 bridgehead atoms. The van der Waals surface area contributed by atoms with E-state index in [1.807, 2.05) is 50.2 Å². The molecule has 0 aromatic heterocycles. The molecular formula is C26H29ClN2O3S2. The number of amides is 1. The minimum absolute atomic E-state index is 0.152. The lowest BCUT2D eigenvalue weighted by Gasteiger charge is -2.26. The van der Waals surface area contributed by atoms with Crippen molar-refractivity contribution < 1.29 is 13.2 Å². The van der Waals surface area contributed by atoms with Crippen molar-refractivity contribution in [3.63, 3.8) is 0 Å². The number of carbonyl (C=O) groups excluding carboxylic acids is 1. The van der Waals surface area contributed by atoms with Gasteiger partial charge in [-0.25, -0.2) is 8.42 Å². The fourth-order valence-corrected chi connectivity index (χ4v) is 6.24. The first-order valence-electron chi connectivity index (χ1n) is 11.0. The largest absolute Gasteiger partial charge is 0.354 e. The maximum atomic E-state index is 13.4. The summed E-state index contributed by atoms with van der Waals surface area (Å²) in [6.07, 6.45) is 0.774. The molecule has 180 valence electrons. The maximum Gasteiger partial charge on any atom is 0.264 e. The van der Waals surface area contributed by atoms with Crippen LogP contribution in [0.1, 0.15) is 23.1 Å². The Hall–Kier alpha value is -2.48. The lowest BCUT2D eigenvalue weighted by molar-refractivity contribution is -0.119. The summed E-state index contributed by atoms with van der Waals surface area (Å²) >= 11 is 7.93. The highest BCUT2D eigenvalue weighted by molar-refractivity contribution is 7.98. The molecule has 1 amide bonds. The predicted molar refractivity (Wildman–Crippen MR) is 142 cm³/mol. The number of thioether (sulfide) groups is 1. The normalized spacial score (nSPS) is 11.3. The van der Waals surface area contributed by atoms with Gasteiger partial charge in [0.1, 0.15) is 6.54 Å². The third kappa shape index (κ3) is 7.01. The van der Waals surface area contributed by atoms with E-state index in [0.29, 0.717) is 12.2 Å². The average Bonchev–Trinajstić information content (AvgIpc) is 2.82. The van der Waals surface area contributed by atoms with E-state index in [9.17, 15) is 13.2 Å². The third-order valence-electron chi connectivity index (χ3n) is 5.24. The average molecular weight is 517 g/mol. The Morgan fingerprint density at radius 1 is 1.00 bits per heavy atom. The van der Waals surface area contributed by atoms with Gasteiger partial charge in [0, 0.05) is 17.3 Å². The van der Waals surface area contributed by atoms with Gasteiger partial charge in [-0.05, 0) is 61.4 Å². The molecule has 0 fully saturated rings. The summed E-state index contributed by atoms with van der Waals surface area (Å²) in [7, 11) is -3.90. The summed E-state index contributed by atoms with van der Waals surface area (Å²) in [6.45, 7) is 3.99. The van der Waals surface area contributed by atoms with E-state index in [4.69, 9.17) is 11.6 Å². The van der Waals surface area contributed by atoms with Gasteiger partial charge >= 0.3 is 0 Å². The van der Waals surface area contributed by atoms with Crippen molar-refractivity contribution in [1.29, 1.82) is 0 Å². The van der Waals surface area contributed by atoms with Crippen LogP contribution < -0.4 is 9.62 Å². The monoisotopic (exact) mass is 516 g/mol. The molecule has 0 saturated carbocycles. The van der Waals surface area contributed by atoms with Crippen LogP contribution in [0.5, 0.6) is 0 Å². The van der Waals surface area contributed by atoms with Crippen molar-refractivity contribution in [2.45, 2.75) is 30.9 Å². The zero-order valence-electron chi connectivity index (χ0n) is 19.3. The van der Waals surface area contributed by atoms with Gasteiger partial charge in [-0.3, -0.25) is 9.10 Å². The van der Waals surface area contributed by atoms with Gasteiger partial charge in [-0.1, -0.05) is 65.7 Å². The highest BCUT2D eigenvalue weighted by Gasteiger charge is 2.28. The molecule has 3 aromatic carbocycles. The van der Waals surface area contributed by atoms with E-state index in [-0.39, 0.29) is 17.3 Å². The second-order valence-corrected chi connectivity index (χ2v) is 11.3. The van der Waals surface area contributed by atoms with Crippen molar-refractivity contribution in [3.05, 3.63) is 94.5 Å². The first-order chi connectivity index (χ1) is 16.3. The quantitative estimate of drug-likeness (QED) is 0.337. The molecule has 5 nitrogen and oxygen atoms in total. The van der Waals surface area contributed by atoms with Crippen LogP contribution in [0.15, 0.2) is 77.7 Å². The second kappa shape index (κ2) is 12.3. The number of anilines is 1. The molecule has 34 heavy (non-hydrogen) atoms. The van der Waals surface area contributed by atoms with E-state index in [1.54, 1.807) is 48.2 Å². The molecule has 0 spiro atoms. The topological polar surface area (TPSA) is 66.5 Å². The number of carbonyl (C=O) groups is 1. The molecule has 0 unspecified atom stereocenters. The first kappa shape index (κ1) is 26.1. The maximum absolute atomic E-state index is 13.4. The summed E-state index contributed by atoms with van der Waals surface area (Å²) in [4.78, 5) is 12.9. The van der Waals surface area contributed by atoms with Gasteiger partial charge in [0.2, 0.25) is 5.91 Å². The second-order valence-electron chi connectivity index (χ2n) is 7.96. The fourth-order valence-electron chi connectivity index (χ4n) is 3.49. The van der Waals surface area contributed by atoms with Crippen molar-refractivity contribution >= 4 is 45.0 Å². The molecule has 0 aliphatic carbocycles. The summed E-state index contributed by atoms with van der Waals surface area (Å²) in [5.74, 6) is 1.33. The minimum Gasteiger partial charge on any atom is -0.354 e. The number of halogens is 1. The number of hydrogen-bond acceptors (Lipinski definition) is 4. The van der Waals surface area contributed by atoms with Gasteiger partial charge in [-0.2, -0.15) is 11.8 Å². The Labute approximate surface area is 211 Å². The van der Waals surface area contributed by atoms with Crippen molar-refractivity contribution in [2.75, 3.05) is 23.1 Å². The van der Waals surface area contributed by atoms with Crippen LogP contribution in [0.3, 0.4) is 0 Å².